The molecule has 4 rings (SSSR count). The molecule has 0 radical (unpaired) electrons. The third kappa shape index (κ3) is 4.14. The van der Waals surface area contributed by atoms with E-state index in [1.807, 2.05) is 0 Å². The molecule has 0 bridgehead atoms. The van der Waals surface area contributed by atoms with Gasteiger partial charge in [0.1, 0.15) is 16.7 Å². The van der Waals surface area contributed by atoms with Crippen LogP contribution in [0.2, 0.25) is 5.15 Å². The number of fused-ring (bicyclic) bond motifs is 1. The normalized spacial score (nSPS) is 11.5. The molecule has 0 fully saturated rings. The fourth-order valence-electron chi connectivity index (χ4n) is 2.96. The Hall–Kier alpha value is -2.95. The lowest BCUT2D eigenvalue weighted by Gasteiger charge is -2.22. The van der Waals surface area contributed by atoms with Gasteiger partial charge >= 0.3 is 10.0 Å². The molecule has 4 aromatic rings. The van der Waals surface area contributed by atoms with E-state index in [9.17, 15) is 8.42 Å². The number of rotatable bonds is 7. The molecular weight excluding hydrogens is 460 g/mol. The van der Waals surface area contributed by atoms with E-state index in [1.54, 1.807) is 55.0 Å². The second-order valence-corrected chi connectivity index (χ2v) is 9.31. The highest BCUT2D eigenvalue weighted by molar-refractivity contribution is 7.92. The number of aromatic nitrogens is 3. The number of para-hydroxylation sites is 1. The van der Waals surface area contributed by atoms with Crippen molar-refractivity contribution in [1.82, 2.24) is 15.0 Å². The molecule has 0 amide bonds. The molecule has 0 atom stereocenters. The molecule has 2 heterocycles. The Kier molecular flexibility index (Phi) is 5.94. The van der Waals surface area contributed by atoms with E-state index in [0.29, 0.717) is 28.0 Å². The molecule has 0 aliphatic heterocycles. The van der Waals surface area contributed by atoms with Crippen LogP contribution in [0.5, 0.6) is 11.5 Å². The first kappa shape index (κ1) is 21.3. The predicted octanol–water partition coefficient (Wildman–Crippen LogP) is 4.15. The van der Waals surface area contributed by atoms with Crippen molar-refractivity contribution in [3.05, 3.63) is 64.8 Å². The second-order valence-electron chi connectivity index (χ2n) is 6.32. The molecule has 8 nitrogen and oxygen atoms in total. The smallest absolute Gasteiger partial charge is 0.302 e. The van der Waals surface area contributed by atoms with Gasteiger partial charge in [0.2, 0.25) is 0 Å². The molecule has 0 aliphatic carbocycles. The van der Waals surface area contributed by atoms with E-state index < -0.39 is 15.2 Å². The van der Waals surface area contributed by atoms with Crippen molar-refractivity contribution >= 4 is 49.0 Å². The minimum Gasteiger partial charge on any atom is -0.497 e. The highest BCUT2D eigenvalue weighted by atomic mass is 35.5. The van der Waals surface area contributed by atoms with Gasteiger partial charge in [-0.3, -0.25) is 0 Å². The SMILES string of the molecule is COc1ccc(CN(c2nccs2)S(=O)(=O)c2nc(Cl)c3ccccc3n2)c(OC)c1. The highest BCUT2D eigenvalue weighted by Gasteiger charge is 2.31. The number of thiazole rings is 1. The van der Waals surface area contributed by atoms with Crippen LogP contribution >= 0.6 is 22.9 Å². The van der Waals surface area contributed by atoms with E-state index in [-0.39, 0.29) is 16.8 Å². The number of benzene rings is 2. The first-order chi connectivity index (χ1) is 14.9. The van der Waals surface area contributed by atoms with Crippen molar-refractivity contribution < 1.29 is 17.9 Å². The number of halogens is 1. The molecule has 0 saturated carbocycles. The summed E-state index contributed by atoms with van der Waals surface area (Å²) in [5, 5.41) is 2.19. The van der Waals surface area contributed by atoms with E-state index in [4.69, 9.17) is 21.1 Å². The third-order valence-electron chi connectivity index (χ3n) is 4.50. The maximum Gasteiger partial charge on any atom is 0.302 e. The fraction of sp³-hybridized carbons (Fsp3) is 0.150. The zero-order chi connectivity index (χ0) is 22.0. The summed E-state index contributed by atoms with van der Waals surface area (Å²) in [5.41, 5.74) is 1.05. The molecular formula is C20H17ClN4O4S2. The topological polar surface area (TPSA) is 94.5 Å². The summed E-state index contributed by atoms with van der Waals surface area (Å²) in [6.45, 7) is -0.0448. The Morgan fingerprint density at radius 1 is 1.10 bits per heavy atom. The first-order valence-electron chi connectivity index (χ1n) is 8.99. The van der Waals surface area contributed by atoms with Gasteiger partial charge in [-0.15, -0.1) is 11.3 Å². The van der Waals surface area contributed by atoms with Gasteiger partial charge in [-0.1, -0.05) is 23.7 Å². The zero-order valence-corrected chi connectivity index (χ0v) is 18.9. The van der Waals surface area contributed by atoms with Gasteiger partial charge in [-0.05, 0) is 24.3 Å². The Labute approximate surface area is 188 Å². The lowest BCUT2D eigenvalue weighted by Crippen LogP contribution is -2.32. The average molecular weight is 477 g/mol. The quantitative estimate of drug-likeness (QED) is 0.292. The lowest BCUT2D eigenvalue weighted by atomic mass is 10.2. The molecule has 0 aliphatic rings. The summed E-state index contributed by atoms with van der Waals surface area (Å²) in [4.78, 5) is 12.5. The van der Waals surface area contributed by atoms with Gasteiger partial charge in [-0.25, -0.2) is 19.3 Å². The highest BCUT2D eigenvalue weighted by Crippen LogP contribution is 2.32. The molecule has 31 heavy (non-hydrogen) atoms. The van der Waals surface area contributed by atoms with Crippen molar-refractivity contribution in [2.45, 2.75) is 11.7 Å². The predicted molar refractivity (Wildman–Crippen MR) is 120 cm³/mol. The van der Waals surface area contributed by atoms with Crippen molar-refractivity contribution in [1.29, 1.82) is 0 Å². The summed E-state index contributed by atoms with van der Waals surface area (Å²) in [7, 11) is -1.14. The number of nitrogens with zero attached hydrogens (tertiary/aromatic N) is 4. The Balaban J connectivity index is 1.82. The van der Waals surface area contributed by atoms with Crippen LogP contribution in [0.3, 0.4) is 0 Å². The van der Waals surface area contributed by atoms with Gasteiger partial charge < -0.3 is 9.47 Å². The van der Waals surface area contributed by atoms with Crippen molar-refractivity contribution in [2.75, 3.05) is 18.5 Å². The van der Waals surface area contributed by atoms with Crippen LogP contribution in [-0.4, -0.2) is 37.6 Å². The van der Waals surface area contributed by atoms with Crippen LogP contribution in [0, 0.1) is 0 Å². The molecule has 11 heteroatoms. The van der Waals surface area contributed by atoms with Crippen LogP contribution in [0.25, 0.3) is 10.9 Å². The monoisotopic (exact) mass is 476 g/mol. The maximum absolute atomic E-state index is 13.6. The summed E-state index contributed by atoms with van der Waals surface area (Å²) in [5.74, 6) is 1.07. The zero-order valence-electron chi connectivity index (χ0n) is 16.5. The molecule has 0 saturated heterocycles. The maximum atomic E-state index is 13.6. The number of ether oxygens (including phenoxy) is 2. The summed E-state index contributed by atoms with van der Waals surface area (Å²) in [6.07, 6.45) is 1.53. The first-order valence-corrected chi connectivity index (χ1v) is 11.7. The molecule has 0 spiro atoms. The van der Waals surface area contributed by atoms with Crippen molar-refractivity contribution in [3.63, 3.8) is 0 Å². The minimum atomic E-state index is -4.19. The van der Waals surface area contributed by atoms with E-state index in [0.717, 1.165) is 4.31 Å². The Morgan fingerprint density at radius 3 is 2.61 bits per heavy atom. The standard InChI is InChI=1S/C20H17ClN4O4S2/c1-28-14-8-7-13(17(11-14)29-2)12-25(20-22-9-10-30-20)31(26,27)19-23-16-6-4-3-5-15(16)18(21)24-19/h3-11H,12H2,1-2H3. The Bertz CT molecular complexity index is 1330. The van der Waals surface area contributed by atoms with Crippen LogP contribution < -0.4 is 13.8 Å². The van der Waals surface area contributed by atoms with E-state index >= 15 is 0 Å². The number of hydrogen-bond acceptors (Lipinski definition) is 8. The van der Waals surface area contributed by atoms with Crippen LogP contribution in [0.15, 0.2) is 59.2 Å². The van der Waals surface area contributed by atoms with Crippen LogP contribution in [-0.2, 0) is 16.6 Å². The third-order valence-corrected chi connectivity index (χ3v) is 7.22. The summed E-state index contributed by atoms with van der Waals surface area (Å²) < 4.78 is 39.0. The fourth-order valence-corrected chi connectivity index (χ4v) is 5.40. The van der Waals surface area contributed by atoms with Crippen molar-refractivity contribution in [2.24, 2.45) is 0 Å². The summed E-state index contributed by atoms with van der Waals surface area (Å²) in [6, 6.07) is 12.1. The van der Waals surface area contributed by atoms with Gasteiger partial charge in [0.15, 0.2) is 5.13 Å². The minimum absolute atomic E-state index is 0.0448. The van der Waals surface area contributed by atoms with Gasteiger partial charge in [0, 0.05) is 28.6 Å². The van der Waals surface area contributed by atoms with E-state index in [1.165, 1.54) is 24.6 Å². The van der Waals surface area contributed by atoms with Crippen LogP contribution in [0.1, 0.15) is 5.56 Å². The number of sulfonamides is 1. The van der Waals surface area contributed by atoms with Gasteiger partial charge in [-0.2, -0.15) is 8.42 Å². The summed E-state index contributed by atoms with van der Waals surface area (Å²) >= 11 is 7.44. The molecule has 160 valence electrons. The average Bonchev–Trinajstić information content (AvgIpc) is 3.31. The van der Waals surface area contributed by atoms with Gasteiger partial charge in [0.25, 0.3) is 5.16 Å². The van der Waals surface area contributed by atoms with Gasteiger partial charge in [0.05, 0.1) is 26.3 Å². The van der Waals surface area contributed by atoms with Crippen LogP contribution in [0.4, 0.5) is 5.13 Å². The van der Waals surface area contributed by atoms with Crippen molar-refractivity contribution in [3.8, 4) is 11.5 Å². The van der Waals surface area contributed by atoms with E-state index in [2.05, 4.69) is 15.0 Å². The number of methoxy groups -OCH3 is 2. The number of anilines is 1. The second kappa shape index (κ2) is 8.66. The largest absolute Gasteiger partial charge is 0.497 e. The lowest BCUT2D eigenvalue weighted by molar-refractivity contribution is 0.391. The Morgan fingerprint density at radius 2 is 1.90 bits per heavy atom. The molecule has 0 unspecified atom stereocenters. The molecule has 2 aromatic heterocycles. The molecule has 0 N–H and O–H groups in total. The molecule has 2 aromatic carbocycles. The number of hydrogen-bond donors (Lipinski definition) is 0.